The Morgan fingerprint density at radius 3 is 2.28 bits per heavy atom. The van der Waals surface area contributed by atoms with Gasteiger partial charge in [-0.1, -0.05) is 20.8 Å². The second kappa shape index (κ2) is 13.2. The molecule has 3 aromatic rings. The molecule has 0 spiro atoms. The first-order valence-electron chi connectivity index (χ1n) is 15.1. The van der Waals surface area contributed by atoms with Crippen LogP contribution < -0.4 is 15.0 Å². The average molecular weight is 662 g/mol. The number of ether oxygens (including phenoxy) is 2. The first kappa shape index (κ1) is 35.2. The molecule has 2 amide bonds. The molecule has 1 aromatic heterocycles. The first-order chi connectivity index (χ1) is 21.3. The Bertz CT molecular complexity index is 1620. The van der Waals surface area contributed by atoms with Gasteiger partial charge in [-0.2, -0.15) is 4.90 Å². The average Bonchev–Trinajstić information content (AvgIpc) is 2.88. The Kier molecular flexibility index (Phi) is 10.1. The number of carboxylic acid groups (broad SMARTS) is 1. The molecule has 1 heterocycles. The third-order valence-electron chi connectivity index (χ3n) is 8.39. The van der Waals surface area contributed by atoms with Crippen LogP contribution in [0.4, 0.5) is 28.6 Å². The summed E-state index contributed by atoms with van der Waals surface area (Å²) in [5.41, 5.74) is -0.180. The van der Waals surface area contributed by atoms with Crippen LogP contribution in [-0.2, 0) is 22.3 Å². The van der Waals surface area contributed by atoms with Crippen LogP contribution >= 0.6 is 0 Å². The summed E-state index contributed by atoms with van der Waals surface area (Å²) in [6.07, 6.45) is -0.607. The zero-order valence-electron chi connectivity index (χ0n) is 27.5. The second-order valence-electron chi connectivity index (χ2n) is 14.1. The zero-order valence-corrected chi connectivity index (χ0v) is 28.5. The van der Waals surface area contributed by atoms with Crippen LogP contribution in [0.25, 0.3) is 10.8 Å². The summed E-state index contributed by atoms with van der Waals surface area (Å²) in [5.74, 6) is -2.29. The van der Waals surface area contributed by atoms with E-state index in [1.54, 1.807) is 20.8 Å². The van der Waals surface area contributed by atoms with Gasteiger partial charge in [0.25, 0.3) is 0 Å². The molecule has 0 bridgehead atoms. The number of anilines is 1. The highest BCUT2D eigenvalue weighted by Crippen LogP contribution is 2.38. The van der Waals surface area contributed by atoms with Crippen molar-refractivity contribution in [2.45, 2.75) is 103 Å². The quantitative estimate of drug-likeness (QED) is 0.221. The summed E-state index contributed by atoms with van der Waals surface area (Å²) in [6, 6.07) is 5.82. The van der Waals surface area contributed by atoms with E-state index < -0.39 is 43.6 Å². The van der Waals surface area contributed by atoms with Crippen LogP contribution in [0.15, 0.2) is 36.5 Å². The van der Waals surface area contributed by atoms with Crippen molar-refractivity contribution < 1.29 is 41.8 Å². The van der Waals surface area contributed by atoms with E-state index in [-0.39, 0.29) is 47.5 Å². The van der Waals surface area contributed by atoms with Gasteiger partial charge in [-0.05, 0) is 87.0 Å². The Labute approximate surface area is 268 Å². The summed E-state index contributed by atoms with van der Waals surface area (Å²) < 4.78 is 60.5. The van der Waals surface area contributed by atoms with Gasteiger partial charge in [-0.25, -0.2) is 27.7 Å². The highest BCUT2D eigenvalue weighted by molar-refractivity contribution is 6.74. The Morgan fingerprint density at radius 1 is 1.02 bits per heavy atom. The van der Waals surface area contributed by atoms with Gasteiger partial charge in [0, 0.05) is 35.8 Å². The summed E-state index contributed by atoms with van der Waals surface area (Å²) in [5, 5.41) is 14.0. The van der Waals surface area contributed by atoms with Gasteiger partial charge in [-0.15, -0.1) is 0 Å². The molecule has 250 valence electrons. The number of benzene rings is 2. The number of carbonyl (C=O) groups is 2. The number of halogens is 3. The fraction of sp³-hybridized carbons (Fsp3) is 0.485. The summed E-state index contributed by atoms with van der Waals surface area (Å²) in [4.78, 5) is 29.7. The number of hydrogen-bond donors (Lipinski definition) is 2. The minimum absolute atomic E-state index is 0.0367. The summed E-state index contributed by atoms with van der Waals surface area (Å²) >= 11 is 0. The van der Waals surface area contributed by atoms with Crippen molar-refractivity contribution in [2.24, 2.45) is 0 Å². The van der Waals surface area contributed by atoms with Gasteiger partial charge < -0.3 is 24.3 Å². The number of pyridine rings is 1. The molecule has 4 rings (SSSR count). The molecule has 0 saturated heterocycles. The maximum Gasteiger partial charge on any atom is 0.425 e. The van der Waals surface area contributed by atoms with Crippen LogP contribution in [0.5, 0.6) is 5.75 Å². The predicted octanol–water partition coefficient (Wildman–Crippen LogP) is 8.29. The highest BCUT2D eigenvalue weighted by Gasteiger charge is 2.37. The molecule has 0 radical (unpaired) electrons. The largest absolute Gasteiger partial charge is 0.487 e. The van der Waals surface area contributed by atoms with E-state index in [2.05, 4.69) is 44.2 Å². The van der Waals surface area contributed by atoms with Gasteiger partial charge in [0.1, 0.15) is 29.2 Å². The zero-order chi connectivity index (χ0) is 34.2. The number of nitrogens with zero attached hydrogens (tertiary/aromatic N) is 2. The van der Waals surface area contributed by atoms with E-state index in [9.17, 15) is 23.5 Å². The van der Waals surface area contributed by atoms with Gasteiger partial charge in [-0.3, -0.25) is 0 Å². The topological polar surface area (TPSA) is 110 Å². The maximum absolute atomic E-state index is 15.9. The van der Waals surface area contributed by atoms with E-state index in [4.69, 9.17) is 13.9 Å². The molecule has 9 nitrogen and oxygen atoms in total. The standard InChI is InChI=1S/C33H42F3N3O6Si/c1-32(2,3)45-31(42)39(30(40)41)29-15-23-24(16-38-29)19(18-43-46(7,8)33(4,5)6)11-26(35)25(23)17-37-21-13-22(14-21)44-28-10-9-20(34)12-27(28)36/h9-12,15-16,21-22,37H,13-14,17-18H2,1-8H3,(H,40,41)/t21-,22-. The Balaban J connectivity index is 1.62. The van der Waals surface area contributed by atoms with Gasteiger partial charge >= 0.3 is 12.2 Å². The minimum atomic E-state index is -2.21. The monoisotopic (exact) mass is 661 g/mol. The molecular weight excluding hydrogens is 619 g/mol. The van der Waals surface area contributed by atoms with Crippen LogP contribution in [0.3, 0.4) is 0 Å². The lowest BCUT2D eigenvalue weighted by Gasteiger charge is -2.36. The van der Waals surface area contributed by atoms with Crippen molar-refractivity contribution in [3.05, 3.63) is 65.1 Å². The van der Waals surface area contributed by atoms with E-state index in [1.165, 1.54) is 24.4 Å². The van der Waals surface area contributed by atoms with Gasteiger partial charge in [0.05, 0.1) is 6.61 Å². The maximum atomic E-state index is 15.9. The van der Waals surface area contributed by atoms with E-state index in [0.717, 1.165) is 12.1 Å². The number of rotatable bonds is 9. The fourth-order valence-corrected chi connectivity index (χ4v) is 5.64. The smallest absolute Gasteiger partial charge is 0.425 e. The van der Waals surface area contributed by atoms with Crippen molar-refractivity contribution in [3.63, 3.8) is 0 Å². The van der Waals surface area contributed by atoms with Crippen molar-refractivity contribution in [2.75, 3.05) is 4.90 Å². The van der Waals surface area contributed by atoms with Crippen molar-refractivity contribution >= 4 is 37.1 Å². The molecular formula is C33H42F3N3O6Si. The lowest BCUT2D eigenvalue weighted by Crippen LogP contribution is -2.46. The van der Waals surface area contributed by atoms with Crippen molar-refractivity contribution in [1.82, 2.24) is 10.3 Å². The minimum Gasteiger partial charge on any atom is -0.487 e. The number of nitrogens with one attached hydrogen (secondary N) is 1. The van der Waals surface area contributed by atoms with E-state index in [0.29, 0.717) is 34.1 Å². The number of hydrogen-bond acceptors (Lipinski definition) is 7. The third-order valence-corrected chi connectivity index (χ3v) is 12.9. The van der Waals surface area contributed by atoms with Crippen LogP contribution in [0, 0.1) is 17.5 Å². The number of amides is 2. The Morgan fingerprint density at radius 2 is 1.70 bits per heavy atom. The molecule has 2 aromatic carbocycles. The molecule has 1 saturated carbocycles. The number of carbonyl (C=O) groups excluding carboxylic acids is 1. The normalized spacial score (nSPS) is 17.0. The Hall–Kier alpha value is -3.68. The molecule has 0 aliphatic heterocycles. The number of aromatic nitrogens is 1. The fourth-order valence-electron chi connectivity index (χ4n) is 4.69. The molecule has 1 fully saturated rings. The molecule has 1 aliphatic carbocycles. The molecule has 13 heteroatoms. The lowest BCUT2D eigenvalue weighted by atomic mass is 9.88. The highest BCUT2D eigenvalue weighted by atomic mass is 28.4. The molecule has 46 heavy (non-hydrogen) atoms. The molecule has 0 atom stereocenters. The summed E-state index contributed by atoms with van der Waals surface area (Å²) in [7, 11) is -2.21. The number of imide groups is 1. The van der Waals surface area contributed by atoms with Crippen molar-refractivity contribution in [3.8, 4) is 5.75 Å². The van der Waals surface area contributed by atoms with Gasteiger partial charge in [0.15, 0.2) is 19.9 Å². The SMILES string of the molecule is CC(C)(C)OC(=O)N(C(=O)O)c1cc2c(CN[C@H]3C[C@H](Oc4ccc(F)cc4F)C3)c(F)cc(CO[Si](C)(C)C(C)(C)C)c2cn1. The summed E-state index contributed by atoms with van der Waals surface area (Å²) in [6.45, 7) is 15.5. The molecule has 0 unspecified atom stereocenters. The van der Waals surface area contributed by atoms with Crippen LogP contribution in [0.1, 0.15) is 65.5 Å². The number of fused-ring (bicyclic) bond motifs is 1. The first-order valence-corrected chi connectivity index (χ1v) is 18.0. The van der Waals surface area contributed by atoms with Crippen LogP contribution in [0.2, 0.25) is 18.1 Å². The third kappa shape index (κ3) is 8.17. The van der Waals surface area contributed by atoms with Crippen molar-refractivity contribution in [1.29, 1.82) is 0 Å². The lowest BCUT2D eigenvalue weighted by molar-refractivity contribution is 0.0580. The molecule has 1 aliphatic rings. The van der Waals surface area contributed by atoms with Crippen LogP contribution in [-0.4, -0.2) is 48.3 Å². The molecule has 2 N–H and O–H groups in total. The second-order valence-corrected chi connectivity index (χ2v) is 18.9. The van der Waals surface area contributed by atoms with Gasteiger partial charge in [0.2, 0.25) is 0 Å². The van der Waals surface area contributed by atoms with E-state index >= 15 is 4.39 Å². The van der Waals surface area contributed by atoms with E-state index in [1.807, 2.05) is 0 Å². The predicted molar refractivity (Wildman–Crippen MR) is 171 cm³/mol.